The third-order valence-electron chi connectivity index (χ3n) is 2.21. The van der Waals surface area contributed by atoms with E-state index in [2.05, 4.69) is 24.5 Å². The van der Waals surface area contributed by atoms with E-state index < -0.39 is 0 Å². The Kier molecular flexibility index (Phi) is 11.7. The number of carbonyl (C=O) groups excluding carboxylic acids is 1. The molecule has 0 unspecified atom stereocenters. The molecule has 96 valence electrons. The van der Waals surface area contributed by atoms with Gasteiger partial charge in [-0.05, 0) is 19.3 Å². The Morgan fingerprint density at radius 1 is 0.938 bits per heavy atom. The van der Waals surface area contributed by atoms with Gasteiger partial charge in [-0.1, -0.05) is 26.7 Å². The first-order valence-corrected chi connectivity index (χ1v) is 6.40. The molecule has 0 aliphatic rings. The summed E-state index contributed by atoms with van der Waals surface area (Å²) in [4.78, 5) is 11.2. The van der Waals surface area contributed by atoms with Gasteiger partial charge in [-0.2, -0.15) is 0 Å². The Labute approximate surface area is 99.1 Å². The van der Waals surface area contributed by atoms with E-state index in [0.717, 1.165) is 51.9 Å². The maximum Gasteiger partial charge on any atom is 0.314 e. The molecule has 0 bridgehead atoms. The Balaban J connectivity index is 3.09. The lowest BCUT2D eigenvalue weighted by molar-refractivity contribution is 0.129. The van der Waals surface area contributed by atoms with Gasteiger partial charge in [-0.3, -0.25) is 0 Å². The summed E-state index contributed by atoms with van der Waals surface area (Å²) >= 11 is 0. The standard InChI is InChI=1S/C12H26N2O2/c1-3-5-8-13-12(15)14-9-7-11-16-10-6-4-2/h3-11H2,1-2H3,(H2,13,14,15). The molecule has 0 aromatic heterocycles. The highest BCUT2D eigenvalue weighted by molar-refractivity contribution is 5.73. The van der Waals surface area contributed by atoms with Crippen molar-refractivity contribution in [1.29, 1.82) is 0 Å². The summed E-state index contributed by atoms with van der Waals surface area (Å²) in [5.41, 5.74) is 0. The lowest BCUT2D eigenvalue weighted by Crippen LogP contribution is -2.36. The highest BCUT2D eigenvalue weighted by Crippen LogP contribution is 1.89. The molecule has 2 amide bonds. The largest absolute Gasteiger partial charge is 0.381 e. The Bertz CT molecular complexity index is 163. The van der Waals surface area contributed by atoms with Gasteiger partial charge in [-0.15, -0.1) is 0 Å². The highest BCUT2D eigenvalue weighted by atomic mass is 16.5. The molecule has 0 rings (SSSR count). The lowest BCUT2D eigenvalue weighted by atomic mass is 10.3. The predicted octanol–water partition coefficient (Wildman–Crippen LogP) is 2.29. The van der Waals surface area contributed by atoms with Crippen LogP contribution in [0.15, 0.2) is 0 Å². The zero-order chi connectivity index (χ0) is 12.1. The van der Waals surface area contributed by atoms with E-state index >= 15 is 0 Å². The van der Waals surface area contributed by atoms with Crippen molar-refractivity contribution in [3.63, 3.8) is 0 Å². The molecule has 4 nitrogen and oxygen atoms in total. The van der Waals surface area contributed by atoms with Crippen molar-refractivity contribution >= 4 is 6.03 Å². The van der Waals surface area contributed by atoms with Crippen LogP contribution in [-0.2, 0) is 4.74 Å². The zero-order valence-corrected chi connectivity index (χ0v) is 10.7. The van der Waals surface area contributed by atoms with Gasteiger partial charge in [0.2, 0.25) is 0 Å². The van der Waals surface area contributed by atoms with Gasteiger partial charge in [-0.25, -0.2) is 4.79 Å². The first kappa shape index (κ1) is 15.2. The summed E-state index contributed by atoms with van der Waals surface area (Å²) in [5, 5.41) is 5.61. The second kappa shape index (κ2) is 12.3. The summed E-state index contributed by atoms with van der Waals surface area (Å²) in [5.74, 6) is 0. The van der Waals surface area contributed by atoms with E-state index in [9.17, 15) is 4.79 Å². The number of urea groups is 1. The first-order chi connectivity index (χ1) is 7.81. The topological polar surface area (TPSA) is 50.4 Å². The van der Waals surface area contributed by atoms with Crippen LogP contribution in [0.1, 0.15) is 46.0 Å². The summed E-state index contributed by atoms with van der Waals surface area (Å²) in [6.45, 7) is 7.26. The van der Waals surface area contributed by atoms with Crippen molar-refractivity contribution in [2.45, 2.75) is 46.0 Å². The van der Waals surface area contributed by atoms with Gasteiger partial charge in [0.05, 0.1) is 0 Å². The maximum absolute atomic E-state index is 11.2. The lowest BCUT2D eigenvalue weighted by Gasteiger charge is -2.07. The molecule has 0 saturated heterocycles. The minimum atomic E-state index is -0.0676. The number of unbranched alkanes of at least 4 members (excludes halogenated alkanes) is 2. The molecule has 0 fully saturated rings. The summed E-state index contributed by atoms with van der Waals surface area (Å²) in [6, 6.07) is -0.0676. The molecule has 0 aromatic carbocycles. The number of hydrogen-bond acceptors (Lipinski definition) is 2. The molecule has 0 heterocycles. The molecule has 0 spiro atoms. The molecule has 16 heavy (non-hydrogen) atoms. The average Bonchev–Trinajstić information content (AvgIpc) is 2.28. The molecule has 0 aromatic rings. The molecule has 0 aliphatic heterocycles. The van der Waals surface area contributed by atoms with Gasteiger partial charge in [0, 0.05) is 26.3 Å². The SMILES string of the molecule is CCCCNC(=O)NCCCOCCCC. The maximum atomic E-state index is 11.2. The van der Waals surface area contributed by atoms with Crippen LogP contribution in [0, 0.1) is 0 Å². The fourth-order valence-corrected chi connectivity index (χ4v) is 1.17. The van der Waals surface area contributed by atoms with Crippen LogP contribution in [-0.4, -0.2) is 32.3 Å². The number of ether oxygens (including phenoxy) is 1. The summed E-state index contributed by atoms with van der Waals surface area (Å²) in [6.07, 6.45) is 5.30. The normalized spacial score (nSPS) is 10.1. The van der Waals surface area contributed by atoms with E-state index in [1.807, 2.05) is 0 Å². The van der Waals surface area contributed by atoms with E-state index in [-0.39, 0.29) is 6.03 Å². The van der Waals surface area contributed by atoms with Crippen molar-refractivity contribution in [1.82, 2.24) is 10.6 Å². The van der Waals surface area contributed by atoms with Crippen LogP contribution < -0.4 is 10.6 Å². The third kappa shape index (κ3) is 11.3. The predicted molar refractivity (Wildman–Crippen MR) is 66.7 cm³/mol. The molecule has 4 heteroatoms. The van der Waals surface area contributed by atoms with Crippen molar-refractivity contribution in [2.75, 3.05) is 26.3 Å². The minimum absolute atomic E-state index is 0.0676. The number of carbonyl (C=O) groups is 1. The van der Waals surface area contributed by atoms with E-state index in [0.29, 0.717) is 6.54 Å². The Morgan fingerprint density at radius 2 is 1.50 bits per heavy atom. The third-order valence-corrected chi connectivity index (χ3v) is 2.21. The van der Waals surface area contributed by atoms with Crippen LogP contribution in [0.3, 0.4) is 0 Å². The fraction of sp³-hybridized carbons (Fsp3) is 0.917. The van der Waals surface area contributed by atoms with Crippen molar-refractivity contribution < 1.29 is 9.53 Å². The Morgan fingerprint density at radius 3 is 2.12 bits per heavy atom. The molecule has 0 aliphatic carbocycles. The second-order valence-electron chi connectivity index (χ2n) is 3.86. The van der Waals surface area contributed by atoms with Gasteiger partial charge in [0.15, 0.2) is 0 Å². The van der Waals surface area contributed by atoms with Crippen molar-refractivity contribution in [3.05, 3.63) is 0 Å². The van der Waals surface area contributed by atoms with Gasteiger partial charge < -0.3 is 15.4 Å². The average molecular weight is 230 g/mol. The fourth-order valence-electron chi connectivity index (χ4n) is 1.17. The van der Waals surface area contributed by atoms with Crippen LogP contribution >= 0.6 is 0 Å². The van der Waals surface area contributed by atoms with E-state index in [1.54, 1.807) is 0 Å². The summed E-state index contributed by atoms with van der Waals surface area (Å²) in [7, 11) is 0. The first-order valence-electron chi connectivity index (χ1n) is 6.40. The van der Waals surface area contributed by atoms with Crippen LogP contribution in [0.25, 0.3) is 0 Å². The monoisotopic (exact) mass is 230 g/mol. The van der Waals surface area contributed by atoms with Crippen molar-refractivity contribution in [2.24, 2.45) is 0 Å². The Hall–Kier alpha value is -0.770. The molecule has 2 N–H and O–H groups in total. The van der Waals surface area contributed by atoms with E-state index in [1.165, 1.54) is 0 Å². The second-order valence-corrected chi connectivity index (χ2v) is 3.86. The molecule has 0 radical (unpaired) electrons. The van der Waals surface area contributed by atoms with Gasteiger partial charge >= 0.3 is 6.03 Å². The number of hydrogen-bond donors (Lipinski definition) is 2. The van der Waals surface area contributed by atoms with E-state index in [4.69, 9.17) is 4.74 Å². The quantitative estimate of drug-likeness (QED) is 0.566. The minimum Gasteiger partial charge on any atom is -0.381 e. The van der Waals surface area contributed by atoms with Crippen molar-refractivity contribution in [3.8, 4) is 0 Å². The highest BCUT2D eigenvalue weighted by Gasteiger charge is 1.97. The molecule has 0 atom stereocenters. The van der Waals surface area contributed by atoms with Crippen LogP contribution in [0.5, 0.6) is 0 Å². The molecule has 0 saturated carbocycles. The number of rotatable bonds is 10. The molecular formula is C12H26N2O2. The summed E-state index contributed by atoms with van der Waals surface area (Å²) < 4.78 is 5.38. The number of nitrogens with one attached hydrogen (secondary N) is 2. The van der Waals surface area contributed by atoms with Gasteiger partial charge in [0.1, 0.15) is 0 Å². The van der Waals surface area contributed by atoms with Crippen LogP contribution in [0.2, 0.25) is 0 Å². The number of amides is 2. The smallest absolute Gasteiger partial charge is 0.314 e. The van der Waals surface area contributed by atoms with Crippen LogP contribution in [0.4, 0.5) is 4.79 Å². The van der Waals surface area contributed by atoms with Gasteiger partial charge in [0.25, 0.3) is 0 Å². The molecular weight excluding hydrogens is 204 g/mol. The zero-order valence-electron chi connectivity index (χ0n) is 10.7.